The number of nitrogens with zero attached hydrogens (tertiary/aromatic N) is 3. The number of aromatic nitrogens is 1. The van der Waals surface area contributed by atoms with Crippen LogP contribution in [0.15, 0.2) is 209 Å². The molecular formula is C55H44N4O. The molecule has 0 fully saturated rings. The van der Waals surface area contributed by atoms with Crippen LogP contribution in [0.2, 0.25) is 0 Å². The summed E-state index contributed by atoms with van der Waals surface area (Å²) in [4.78, 5) is 14.2. The molecule has 6 aromatic rings. The van der Waals surface area contributed by atoms with Crippen LogP contribution in [0.3, 0.4) is 0 Å². The summed E-state index contributed by atoms with van der Waals surface area (Å²) >= 11 is 0. The average Bonchev–Trinajstić information content (AvgIpc) is 3.59. The van der Waals surface area contributed by atoms with Gasteiger partial charge in [0.25, 0.3) is 0 Å². The molecule has 5 nitrogen and oxygen atoms in total. The molecule has 1 aromatic heterocycles. The Labute approximate surface area is 351 Å². The Morgan fingerprint density at radius 2 is 1.55 bits per heavy atom. The van der Waals surface area contributed by atoms with E-state index in [1.54, 1.807) is 6.21 Å². The van der Waals surface area contributed by atoms with Crippen LogP contribution >= 0.6 is 0 Å². The van der Waals surface area contributed by atoms with Crippen LogP contribution in [0.5, 0.6) is 5.75 Å². The van der Waals surface area contributed by atoms with E-state index in [2.05, 4.69) is 113 Å². The topological polar surface area (TPSA) is 70.7 Å². The number of hydrogen-bond donors (Lipinski definition) is 1. The third-order valence-corrected chi connectivity index (χ3v) is 12.2. The van der Waals surface area contributed by atoms with Gasteiger partial charge < -0.3 is 4.74 Å². The van der Waals surface area contributed by atoms with Crippen molar-refractivity contribution in [2.75, 3.05) is 0 Å². The molecule has 0 saturated heterocycles. The highest BCUT2D eigenvalue weighted by Gasteiger charge is 2.53. The molecule has 10 rings (SSSR count). The van der Waals surface area contributed by atoms with Gasteiger partial charge in [0.05, 0.1) is 11.1 Å². The zero-order valence-corrected chi connectivity index (χ0v) is 33.6. The predicted molar refractivity (Wildman–Crippen MR) is 245 cm³/mol. The molecule has 1 unspecified atom stereocenters. The Kier molecular flexibility index (Phi) is 9.78. The van der Waals surface area contributed by atoms with Crippen LogP contribution in [-0.2, 0) is 18.3 Å². The van der Waals surface area contributed by atoms with Gasteiger partial charge in [0.2, 0.25) is 0 Å². The molecule has 290 valence electrons. The number of amidine groups is 2. The SMILES string of the molecule is C/C(=C\C=C/Cc1ccc2c(c1)OC1=CC(C3=CCCc4cccnc43)CC=C1C21c2ccccc2-c2ccccc21)C(=N)N=C(N=Cc1ccccc1)c1ccccc1. The van der Waals surface area contributed by atoms with Gasteiger partial charge >= 0.3 is 0 Å². The number of aliphatic imine (C=N–C) groups is 2. The normalized spacial score (nSPS) is 17.5. The Hall–Kier alpha value is -7.24. The minimum absolute atomic E-state index is 0.166. The quantitative estimate of drug-likeness (QED) is 0.0996. The first kappa shape index (κ1) is 37.1. The highest BCUT2D eigenvalue weighted by Crippen LogP contribution is 2.62. The molecule has 0 bridgehead atoms. The largest absolute Gasteiger partial charge is 0.457 e. The van der Waals surface area contributed by atoms with Gasteiger partial charge in [-0.25, -0.2) is 9.98 Å². The summed E-state index contributed by atoms with van der Waals surface area (Å²) < 4.78 is 7.05. The maximum Gasteiger partial charge on any atom is 0.161 e. The van der Waals surface area contributed by atoms with Gasteiger partial charge in [-0.1, -0.05) is 158 Å². The van der Waals surface area contributed by atoms with Crippen molar-refractivity contribution in [2.45, 2.75) is 38.0 Å². The molecule has 1 N–H and O–H groups in total. The highest BCUT2D eigenvalue weighted by molar-refractivity contribution is 6.13. The van der Waals surface area contributed by atoms with Crippen LogP contribution in [0.1, 0.15) is 64.4 Å². The summed E-state index contributed by atoms with van der Waals surface area (Å²) in [5.74, 6) is 2.66. The van der Waals surface area contributed by atoms with Crippen molar-refractivity contribution >= 4 is 23.5 Å². The van der Waals surface area contributed by atoms with Gasteiger partial charge in [-0.2, -0.15) is 0 Å². The monoisotopic (exact) mass is 776 g/mol. The van der Waals surface area contributed by atoms with Gasteiger partial charge in [0.1, 0.15) is 17.3 Å². The number of hydrogen-bond acceptors (Lipinski definition) is 3. The van der Waals surface area contributed by atoms with Crippen LogP contribution in [-0.4, -0.2) is 22.9 Å². The molecule has 0 amide bonds. The number of rotatable bonds is 7. The van der Waals surface area contributed by atoms with Crippen LogP contribution < -0.4 is 4.74 Å². The lowest BCUT2D eigenvalue weighted by Gasteiger charge is -2.43. The molecule has 1 aliphatic heterocycles. The van der Waals surface area contributed by atoms with Gasteiger partial charge in [-0.15, -0.1) is 0 Å². The number of pyridine rings is 1. The third-order valence-electron chi connectivity index (χ3n) is 12.2. The number of ether oxygens (including phenoxy) is 1. The molecule has 3 aliphatic carbocycles. The van der Waals surface area contributed by atoms with Crippen molar-refractivity contribution in [3.63, 3.8) is 0 Å². The van der Waals surface area contributed by atoms with Crippen LogP contribution in [0.4, 0.5) is 0 Å². The number of fused-ring (bicyclic) bond motifs is 10. The Bertz CT molecular complexity index is 2830. The second kappa shape index (κ2) is 15.8. The molecule has 0 saturated carbocycles. The maximum atomic E-state index is 8.84. The Morgan fingerprint density at radius 3 is 2.33 bits per heavy atom. The highest BCUT2D eigenvalue weighted by atomic mass is 16.5. The maximum absolute atomic E-state index is 8.84. The van der Waals surface area contributed by atoms with Gasteiger partial charge in [-0.05, 0) is 101 Å². The Morgan fingerprint density at radius 1 is 0.817 bits per heavy atom. The smallest absolute Gasteiger partial charge is 0.161 e. The molecule has 2 heterocycles. The van der Waals surface area contributed by atoms with Crippen LogP contribution in [0, 0.1) is 11.3 Å². The molecule has 4 aliphatic rings. The molecular weight excluding hydrogens is 733 g/mol. The minimum atomic E-state index is -0.493. The minimum Gasteiger partial charge on any atom is -0.457 e. The number of benzene rings is 5. The average molecular weight is 777 g/mol. The molecule has 0 radical (unpaired) electrons. The second-order valence-corrected chi connectivity index (χ2v) is 15.8. The van der Waals surface area contributed by atoms with E-state index in [1.807, 2.05) is 85.9 Å². The Balaban J connectivity index is 0.967. The van der Waals surface area contributed by atoms with Gasteiger partial charge in [-0.3, -0.25) is 10.4 Å². The summed E-state index contributed by atoms with van der Waals surface area (Å²) in [6, 6.07) is 48.6. The van der Waals surface area contributed by atoms with Crippen molar-refractivity contribution in [1.82, 2.24) is 4.98 Å². The summed E-state index contributed by atoms with van der Waals surface area (Å²) in [6.07, 6.45) is 20.6. The molecule has 5 heteroatoms. The summed E-state index contributed by atoms with van der Waals surface area (Å²) in [6.45, 7) is 1.91. The lowest BCUT2D eigenvalue weighted by atomic mass is 9.63. The fraction of sp³-hybridized carbons (Fsp3) is 0.127. The van der Waals surface area contributed by atoms with Crippen LogP contribution in [0.25, 0.3) is 16.7 Å². The summed E-state index contributed by atoms with van der Waals surface area (Å²) in [7, 11) is 0. The molecule has 60 heavy (non-hydrogen) atoms. The number of aryl methyl sites for hydroxylation is 1. The molecule has 1 atom stereocenters. The predicted octanol–water partition coefficient (Wildman–Crippen LogP) is 12.2. The van der Waals surface area contributed by atoms with E-state index in [1.165, 1.54) is 44.5 Å². The van der Waals surface area contributed by atoms with E-state index >= 15 is 0 Å². The fourth-order valence-corrected chi connectivity index (χ4v) is 9.32. The zero-order chi connectivity index (χ0) is 40.5. The summed E-state index contributed by atoms with van der Waals surface area (Å²) in [5, 5.41) is 8.84. The van der Waals surface area contributed by atoms with Crippen molar-refractivity contribution in [1.29, 1.82) is 5.41 Å². The zero-order valence-electron chi connectivity index (χ0n) is 33.6. The van der Waals surface area contributed by atoms with Crippen molar-refractivity contribution < 1.29 is 4.74 Å². The van der Waals surface area contributed by atoms with Crippen molar-refractivity contribution in [3.8, 4) is 16.9 Å². The summed E-state index contributed by atoms with van der Waals surface area (Å²) in [5.41, 5.74) is 14.5. The third kappa shape index (κ3) is 6.62. The van der Waals surface area contributed by atoms with E-state index in [9.17, 15) is 0 Å². The lowest BCUT2D eigenvalue weighted by molar-refractivity contribution is 0.379. The van der Waals surface area contributed by atoms with E-state index in [0.29, 0.717) is 12.3 Å². The van der Waals surface area contributed by atoms with E-state index in [4.69, 9.17) is 15.1 Å². The molecule has 5 aromatic carbocycles. The number of nitrogens with one attached hydrogen (secondary N) is 1. The first-order chi connectivity index (χ1) is 29.6. The van der Waals surface area contributed by atoms with E-state index in [-0.39, 0.29) is 11.8 Å². The van der Waals surface area contributed by atoms with Gasteiger partial charge in [0.15, 0.2) is 5.84 Å². The van der Waals surface area contributed by atoms with Crippen molar-refractivity contribution in [3.05, 3.63) is 244 Å². The second-order valence-electron chi connectivity index (χ2n) is 15.8. The van der Waals surface area contributed by atoms with Gasteiger partial charge in [0, 0.05) is 35.0 Å². The number of allylic oxidation sites excluding steroid dienone is 8. The first-order valence-corrected chi connectivity index (χ1v) is 20.8. The van der Waals surface area contributed by atoms with E-state index < -0.39 is 5.41 Å². The first-order valence-electron chi connectivity index (χ1n) is 20.8. The fourth-order valence-electron chi connectivity index (χ4n) is 9.32. The molecule has 1 spiro atoms. The van der Waals surface area contributed by atoms with E-state index in [0.717, 1.165) is 58.7 Å². The van der Waals surface area contributed by atoms with Crippen molar-refractivity contribution in [2.24, 2.45) is 15.9 Å². The standard InChI is InChI=1S/C55H44N4O/c1-37(53(56)59-54(41-20-6-3-7-21-41)58-36-39-18-4-2-5-19-39)16-8-9-17-38-29-31-48-50(34-38)60-51-35-42(43-26-14-22-40-23-15-33-57-52(40)43)30-32-49(51)55(48)46-27-12-10-24-44(46)45-25-11-13-28-47(45)55/h2-13,15-16,18-21,23-29,31-36,42,56H,14,17,22,30H2,1H3/b9-8-,37-16+,56-53?,58-36?,59-54?. The lowest BCUT2D eigenvalue weighted by Crippen LogP contribution is -2.37.